The lowest BCUT2D eigenvalue weighted by Gasteiger charge is -2.19. The smallest absolute Gasteiger partial charge is 0.241 e. The molecule has 0 amide bonds. The molecule has 108 valence electrons. The molecule has 0 radical (unpaired) electrons. The minimum Gasteiger partial charge on any atom is -0.354 e. The van der Waals surface area contributed by atoms with Crippen LogP contribution in [0.3, 0.4) is 0 Å². The topological polar surface area (TPSA) is 71.8 Å². The fourth-order valence-electron chi connectivity index (χ4n) is 1.81. The van der Waals surface area contributed by atoms with E-state index in [4.69, 9.17) is 0 Å². The van der Waals surface area contributed by atoms with E-state index in [1.807, 2.05) is 6.20 Å². The molecule has 0 aliphatic carbocycles. The maximum Gasteiger partial charge on any atom is 0.241 e. The predicted molar refractivity (Wildman–Crippen MR) is 79.3 cm³/mol. The highest BCUT2D eigenvalue weighted by Crippen LogP contribution is 2.13. The van der Waals surface area contributed by atoms with Crippen molar-refractivity contribution in [2.24, 2.45) is 0 Å². The minimum absolute atomic E-state index is 0.581. The molecule has 0 bridgehead atoms. The van der Waals surface area contributed by atoms with Crippen molar-refractivity contribution < 1.29 is 0 Å². The zero-order valence-electron chi connectivity index (χ0n) is 12.2. The molecule has 2 rings (SSSR count). The van der Waals surface area contributed by atoms with Crippen molar-refractivity contribution in [3.05, 3.63) is 18.7 Å². The minimum atomic E-state index is 0.581. The van der Waals surface area contributed by atoms with Gasteiger partial charge in [0.25, 0.3) is 0 Å². The molecule has 0 aliphatic heterocycles. The van der Waals surface area contributed by atoms with Crippen LogP contribution in [0.4, 0.5) is 11.9 Å². The summed E-state index contributed by atoms with van der Waals surface area (Å²) in [6.07, 6.45) is 6.24. The Balaban J connectivity index is 2.38. The van der Waals surface area contributed by atoms with Crippen molar-refractivity contribution in [1.29, 1.82) is 0 Å². The summed E-state index contributed by atoms with van der Waals surface area (Å²) in [6.45, 7) is 8.84. The van der Waals surface area contributed by atoms with Crippen LogP contribution in [0.1, 0.15) is 27.2 Å². The summed E-state index contributed by atoms with van der Waals surface area (Å²) in [6, 6.07) is 0. The van der Waals surface area contributed by atoms with Crippen molar-refractivity contribution in [2.45, 2.75) is 27.2 Å². The second kappa shape index (κ2) is 6.83. The van der Waals surface area contributed by atoms with E-state index in [0.29, 0.717) is 17.8 Å². The summed E-state index contributed by atoms with van der Waals surface area (Å²) in [5, 5.41) is 3.22. The van der Waals surface area contributed by atoms with Gasteiger partial charge in [-0.2, -0.15) is 15.0 Å². The van der Waals surface area contributed by atoms with Gasteiger partial charge in [-0.15, -0.1) is 0 Å². The molecule has 20 heavy (non-hydrogen) atoms. The third-order valence-electron chi connectivity index (χ3n) is 2.93. The first-order valence-electron chi connectivity index (χ1n) is 7.01. The largest absolute Gasteiger partial charge is 0.354 e. The van der Waals surface area contributed by atoms with Gasteiger partial charge in [0, 0.05) is 32.0 Å². The van der Waals surface area contributed by atoms with Crippen LogP contribution in [0, 0.1) is 0 Å². The lowest BCUT2D eigenvalue weighted by molar-refractivity contribution is 0.791. The summed E-state index contributed by atoms with van der Waals surface area (Å²) in [4.78, 5) is 19.6. The Morgan fingerprint density at radius 3 is 2.55 bits per heavy atom. The number of aromatic nitrogens is 5. The van der Waals surface area contributed by atoms with Crippen molar-refractivity contribution in [2.75, 3.05) is 29.9 Å². The van der Waals surface area contributed by atoms with Crippen LogP contribution >= 0.6 is 0 Å². The monoisotopic (exact) mass is 275 g/mol. The average Bonchev–Trinajstić information content (AvgIpc) is 3.00. The first kappa shape index (κ1) is 14.2. The number of rotatable bonds is 7. The number of nitrogens with one attached hydrogen (secondary N) is 1. The molecule has 2 aromatic rings. The Kier molecular flexibility index (Phi) is 4.86. The van der Waals surface area contributed by atoms with Crippen LogP contribution in [-0.2, 0) is 0 Å². The highest BCUT2D eigenvalue weighted by Gasteiger charge is 2.11. The van der Waals surface area contributed by atoms with E-state index in [9.17, 15) is 0 Å². The van der Waals surface area contributed by atoms with Gasteiger partial charge in [-0.3, -0.25) is 4.57 Å². The number of nitrogens with zero attached hydrogens (tertiary/aromatic N) is 6. The second-order valence-corrected chi connectivity index (χ2v) is 4.33. The summed E-state index contributed by atoms with van der Waals surface area (Å²) < 4.78 is 1.78. The number of hydrogen-bond acceptors (Lipinski definition) is 6. The molecule has 7 nitrogen and oxygen atoms in total. The van der Waals surface area contributed by atoms with E-state index in [-0.39, 0.29) is 0 Å². The molecular formula is C13H21N7. The fraction of sp³-hybridized carbons (Fsp3) is 0.538. The Morgan fingerprint density at radius 1 is 1.15 bits per heavy atom. The van der Waals surface area contributed by atoms with Gasteiger partial charge in [-0.25, -0.2) is 4.98 Å². The molecular weight excluding hydrogens is 254 g/mol. The maximum atomic E-state index is 4.51. The van der Waals surface area contributed by atoms with Gasteiger partial charge in [0.1, 0.15) is 6.33 Å². The summed E-state index contributed by atoms with van der Waals surface area (Å²) in [5.74, 6) is 1.87. The van der Waals surface area contributed by atoms with Gasteiger partial charge in [-0.05, 0) is 20.3 Å². The van der Waals surface area contributed by atoms with Crippen molar-refractivity contribution >= 4 is 11.9 Å². The first-order chi connectivity index (χ1) is 9.78. The van der Waals surface area contributed by atoms with Gasteiger partial charge in [0.2, 0.25) is 17.8 Å². The molecule has 0 saturated heterocycles. The zero-order chi connectivity index (χ0) is 14.4. The van der Waals surface area contributed by atoms with Crippen molar-refractivity contribution in [1.82, 2.24) is 24.5 Å². The van der Waals surface area contributed by atoms with Gasteiger partial charge in [0.05, 0.1) is 0 Å². The van der Waals surface area contributed by atoms with Crippen molar-refractivity contribution in [3.63, 3.8) is 0 Å². The standard InChI is InChI=1S/C13H21N7/c1-4-7-15-11-16-12(19(5-2)6-3)18-13(17-11)20-9-8-14-10-20/h8-10H,4-7H2,1-3H3,(H,15,16,17,18). The molecule has 0 fully saturated rings. The lowest BCUT2D eigenvalue weighted by Crippen LogP contribution is -2.25. The van der Waals surface area contributed by atoms with E-state index in [1.54, 1.807) is 17.1 Å². The number of hydrogen-bond donors (Lipinski definition) is 1. The van der Waals surface area contributed by atoms with E-state index >= 15 is 0 Å². The third kappa shape index (κ3) is 3.23. The van der Waals surface area contributed by atoms with Crippen LogP contribution in [0.2, 0.25) is 0 Å². The third-order valence-corrected chi connectivity index (χ3v) is 2.93. The molecule has 7 heteroatoms. The molecule has 2 aromatic heterocycles. The summed E-state index contributed by atoms with van der Waals surface area (Å²) in [5.41, 5.74) is 0. The van der Waals surface area contributed by atoms with Crippen molar-refractivity contribution in [3.8, 4) is 5.95 Å². The second-order valence-electron chi connectivity index (χ2n) is 4.33. The number of imidazole rings is 1. The van der Waals surface area contributed by atoms with Crippen LogP contribution in [0.25, 0.3) is 5.95 Å². The first-order valence-corrected chi connectivity index (χ1v) is 7.01. The van der Waals surface area contributed by atoms with E-state index in [1.165, 1.54) is 0 Å². The highest BCUT2D eigenvalue weighted by molar-refractivity contribution is 5.40. The van der Waals surface area contributed by atoms with Gasteiger partial charge < -0.3 is 10.2 Å². The van der Waals surface area contributed by atoms with E-state index in [2.05, 4.69) is 50.9 Å². The van der Waals surface area contributed by atoms with E-state index in [0.717, 1.165) is 26.1 Å². The van der Waals surface area contributed by atoms with Gasteiger partial charge >= 0.3 is 0 Å². The van der Waals surface area contributed by atoms with Gasteiger partial charge in [-0.1, -0.05) is 6.92 Å². The molecule has 0 spiro atoms. The van der Waals surface area contributed by atoms with E-state index < -0.39 is 0 Å². The molecule has 0 aromatic carbocycles. The average molecular weight is 275 g/mol. The molecule has 0 unspecified atom stereocenters. The lowest BCUT2D eigenvalue weighted by atomic mass is 10.5. The quantitative estimate of drug-likeness (QED) is 0.829. The SMILES string of the molecule is CCCNc1nc(N(CC)CC)nc(-n2ccnc2)n1. The van der Waals surface area contributed by atoms with Crippen LogP contribution in [0.5, 0.6) is 0 Å². The molecule has 1 N–H and O–H groups in total. The highest BCUT2D eigenvalue weighted by atomic mass is 15.3. The van der Waals surface area contributed by atoms with Crippen LogP contribution in [-0.4, -0.2) is 44.1 Å². The molecule has 0 atom stereocenters. The normalized spacial score (nSPS) is 10.6. The predicted octanol–water partition coefficient (Wildman–Crippen LogP) is 1.73. The Hall–Kier alpha value is -2.18. The van der Waals surface area contributed by atoms with Crippen LogP contribution in [0.15, 0.2) is 18.7 Å². The zero-order valence-corrected chi connectivity index (χ0v) is 12.2. The Morgan fingerprint density at radius 2 is 1.95 bits per heavy atom. The van der Waals surface area contributed by atoms with Gasteiger partial charge in [0.15, 0.2) is 0 Å². The Labute approximate surface area is 119 Å². The Bertz CT molecular complexity index is 520. The maximum absolute atomic E-state index is 4.51. The number of anilines is 2. The molecule has 2 heterocycles. The molecule has 0 aliphatic rings. The fourth-order valence-corrected chi connectivity index (χ4v) is 1.81. The van der Waals surface area contributed by atoms with Crippen LogP contribution < -0.4 is 10.2 Å². The summed E-state index contributed by atoms with van der Waals surface area (Å²) >= 11 is 0. The molecule has 0 saturated carbocycles. The summed E-state index contributed by atoms with van der Waals surface area (Å²) in [7, 11) is 0.